The van der Waals surface area contributed by atoms with Gasteiger partial charge < -0.3 is 14.7 Å². The van der Waals surface area contributed by atoms with Crippen LogP contribution in [0.2, 0.25) is 0 Å². The molecule has 3 heterocycles. The van der Waals surface area contributed by atoms with Crippen LogP contribution in [0.4, 0.5) is 0 Å². The van der Waals surface area contributed by atoms with E-state index in [1.54, 1.807) is 0 Å². The van der Waals surface area contributed by atoms with Crippen LogP contribution in [-0.4, -0.2) is 72.5 Å². The van der Waals surface area contributed by atoms with Gasteiger partial charge in [-0.05, 0) is 38.8 Å². The molecule has 0 radical (unpaired) electrons. The minimum absolute atomic E-state index is 0.257. The predicted molar refractivity (Wildman–Crippen MR) is 70.6 cm³/mol. The molecule has 0 aromatic heterocycles. The highest BCUT2D eigenvalue weighted by molar-refractivity contribution is 4.89. The molecule has 3 rings (SSSR count). The van der Waals surface area contributed by atoms with Gasteiger partial charge in [0.05, 0.1) is 25.4 Å². The van der Waals surface area contributed by atoms with E-state index >= 15 is 0 Å². The lowest BCUT2D eigenvalue weighted by Gasteiger charge is -2.42. The third-order valence-corrected chi connectivity index (χ3v) is 4.90. The lowest BCUT2D eigenvalue weighted by atomic mass is 9.98. The first-order valence-corrected chi connectivity index (χ1v) is 7.58. The fourth-order valence-electron chi connectivity index (χ4n) is 3.75. The zero-order valence-corrected chi connectivity index (χ0v) is 11.3. The molecule has 1 N–H and O–H groups in total. The maximum absolute atomic E-state index is 9.88. The molecule has 0 spiro atoms. The van der Waals surface area contributed by atoms with E-state index < -0.39 is 0 Å². The quantitative estimate of drug-likeness (QED) is 0.787. The topological polar surface area (TPSA) is 35.9 Å². The Morgan fingerprint density at radius 1 is 0.833 bits per heavy atom. The maximum Gasteiger partial charge on any atom is 0.0950 e. The Kier molecular flexibility index (Phi) is 4.19. The van der Waals surface area contributed by atoms with Crippen LogP contribution >= 0.6 is 0 Å². The Labute approximate surface area is 110 Å². The molecule has 3 aliphatic heterocycles. The summed E-state index contributed by atoms with van der Waals surface area (Å²) in [6, 6.07) is 1.05. The number of nitrogens with zero attached hydrogens (tertiary/aromatic N) is 2. The predicted octanol–water partition coefficient (Wildman–Crippen LogP) is 0.696. The molecule has 104 valence electrons. The molecule has 0 saturated carbocycles. The monoisotopic (exact) mass is 254 g/mol. The average molecular weight is 254 g/mol. The number of likely N-dealkylation sites (tertiary alicyclic amines) is 2. The molecule has 0 amide bonds. The zero-order chi connectivity index (χ0) is 12.4. The first kappa shape index (κ1) is 12.9. The minimum Gasteiger partial charge on any atom is -0.389 e. The van der Waals surface area contributed by atoms with Gasteiger partial charge in [0.15, 0.2) is 0 Å². The molecule has 0 aromatic carbocycles. The van der Waals surface area contributed by atoms with Crippen LogP contribution in [0, 0.1) is 0 Å². The highest BCUT2D eigenvalue weighted by Gasteiger charge is 2.35. The molecule has 3 fully saturated rings. The zero-order valence-electron chi connectivity index (χ0n) is 11.3. The molecule has 0 aromatic rings. The molecule has 3 saturated heterocycles. The van der Waals surface area contributed by atoms with Crippen molar-refractivity contribution in [2.45, 2.75) is 50.3 Å². The molecule has 4 nitrogen and oxygen atoms in total. The van der Waals surface area contributed by atoms with Crippen LogP contribution in [0.3, 0.4) is 0 Å². The van der Waals surface area contributed by atoms with Crippen molar-refractivity contribution in [1.29, 1.82) is 0 Å². The summed E-state index contributed by atoms with van der Waals surface area (Å²) in [5.41, 5.74) is 0. The second kappa shape index (κ2) is 5.87. The summed E-state index contributed by atoms with van der Waals surface area (Å²) in [6.45, 7) is 6.12. The van der Waals surface area contributed by atoms with Crippen LogP contribution in [0.5, 0.6) is 0 Å². The number of ether oxygens (including phenoxy) is 1. The Morgan fingerprint density at radius 2 is 1.56 bits per heavy atom. The Hall–Kier alpha value is -0.160. The van der Waals surface area contributed by atoms with E-state index in [2.05, 4.69) is 9.80 Å². The SMILES string of the molecule is OC1COCC1N1CCC(N2CCCCC2)CC1. The average Bonchev–Trinajstić information content (AvgIpc) is 2.86. The summed E-state index contributed by atoms with van der Waals surface area (Å²) in [5.74, 6) is 0. The maximum atomic E-state index is 9.88. The van der Waals surface area contributed by atoms with Gasteiger partial charge in [-0.1, -0.05) is 6.42 Å². The van der Waals surface area contributed by atoms with Crippen LogP contribution < -0.4 is 0 Å². The number of rotatable bonds is 2. The van der Waals surface area contributed by atoms with E-state index in [0.29, 0.717) is 6.61 Å². The largest absolute Gasteiger partial charge is 0.389 e. The van der Waals surface area contributed by atoms with Gasteiger partial charge in [-0.2, -0.15) is 0 Å². The highest BCUT2D eigenvalue weighted by atomic mass is 16.5. The molecular weight excluding hydrogens is 228 g/mol. The number of aliphatic hydroxyl groups excluding tert-OH is 1. The summed E-state index contributed by atoms with van der Waals surface area (Å²) in [5, 5.41) is 9.88. The van der Waals surface area contributed by atoms with Crippen LogP contribution in [0.1, 0.15) is 32.1 Å². The van der Waals surface area contributed by atoms with Gasteiger partial charge in [0.2, 0.25) is 0 Å². The molecule has 2 atom stereocenters. The van der Waals surface area contributed by atoms with Crippen molar-refractivity contribution in [3.63, 3.8) is 0 Å². The Morgan fingerprint density at radius 3 is 2.17 bits per heavy atom. The third kappa shape index (κ3) is 2.72. The number of aliphatic hydroxyl groups is 1. The Bertz CT molecular complexity index is 261. The molecule has 18 heavy (non-hydrogen) atoms. The van der Waals surface area contributed by atoms with Gasteiger partial charge in [0.25, 0.3) is 0 Å². The van der Waals surface area contributed by atoms with Gasteiger partial charge in [0, 0.05) is 19.1 Å². The van der Waals surface area contributed by atoms with Gasteiger partial charge in [-0.15, -0.1) is 0 Å². The molecule has 0 bridgehead atoms. The summed E-state index contributed by atoms with van der Waals surface area (Å²) >= 11 is 0. The lowest BCUT2D eigenvalue weighted by molar-refractivity contribution is 0.0369. The molecule has 3 aliphatic rings. The molecule has 4 heteroatoms. The number of piperidine rings is 2. The van der Waals surface area contributed by atoms with Crippen molar-refractivity contribution in [2.75, 3.05) is 39.4 Å². The van der Waals surface area contributed by atoms with E-state index in [1.807, 2.05) is 0 Å². The molecular formula is C14H26N2O2. The second-order valence-electron chi connectivity index (χ2n) is 6.04. The minimum atomic E-state index is -0.267. The summed E-state index contributed by atoms with van der Waals surface area (Å²) in [7, 11) is 0. The number of hydrogen-bond donors (Lipinski definition) is 1. The summed E-state index contributed by atoms with van der Waals surface area (Å²) in [6.07, 6.45) is 6.45. The fraction of sp³-hybridized carbons (Fsp3) is 1.00. The summed E-state index contributed by atoms with van der Waals surface area (Å²) < 4.78 is 5.36. The molecule has 2 unspecified atom stereocenters. The van der Waals surface area contributed by atoms with Crippen molar-refractivity contribution in [2.24, 2.45) is 0 Å². The Balaban J connectivity index is 1.48. The van der Waals surface area contributed by atoms with Crippen molar-refractivity contribution < 1.29 is 9.84 Å². The smallest absolute Gasteiger partial charge is 0.0950 e. The number of hydrogen-bond acceptors (Lipinski definition) is 4. The second-order valence-corrected chi connectivity index (χ2v) is 6.04. The van der Waals surface area contributed by atoms with Gasteiger partial charge in [0.1, 0.15) is 0 Å². The van der Waals surface area contributed by atoms with E-state index in [-0.39, 0.29) is 12.1 Å². The van der Waals surface area contributed by atoms with Gasteiger partial charge >= 0.3 is 0 Å². The normalized spacial score (nSPS) is 37.2. The third-order valence-electron chi connectivity index (χ3n) is 4.90. The first-order chi connectivity index (χ1) is 8.84. The van der Waals surface area contributed by atoms with E-state index in [9.17, 15) is 5.11 Å². The van der Waals surface area contributed by atoms with Gasteiger partial charge in [-0.3, -0.25) is 4.90 Å². The van der Waals surface area contributed by atoms with Crippen molar-refractivity contribution in [1.82, 2.24) is 9.80 Å². The van der Waals surface area contributed by atoms with Crippen LogP contribution in [0.25, 0.3) is 0 Å². The standard InChI is InChI=1S/C14H26N2O2/c17-14-11-18-10-13(14)16-8-4-12(5-9-16)15-6-2-1-3-7-15/h12-14,17H,1-11H2. The summed E-state index contributed by atoms with van der Waals surface area (Å²) in [4.78, 5) is 5.14. The van der Waals surface area contributed by atoms with Crippen LogP contribution in [-0.2, 0) is 4.74 Å². The van der Waals surface area contributed by atoms with Crippen molar-refractivity contribution in [3.05, 3.63) is 0 Å². The van der Waals surface area contributed by atoms with Crippen molar-refractivity contribution in [3.8, 4) is 0 Å². The first-order valence-electron chi connectivity index (χ1n) is 7.58. The van der Waals surface area contributed by atoms with Crippen LogP contribution in [0.15, 0.2) is 0 Å². The highest BCUT2D eigenvalue weighted by Crippen LogP contribution is 2.24. The lowest BCUT2D eigenvalue weighted by Crippen LogP contribution is -2.52. The fourth-order valence-corrected chi connectivity index (χ4v) is 3.75. The van der Waals surface area contributed by atoms with E-state index in [1.165, 1.54) is 45.2 Å². The van der Waals surface area contributed by atoms with Gasteiger partial charge in [-0.25, -0.2) is 0 Å². The van der Waals surface area contributed by atoms with E-state index in [0.717, 1.165) is 25.7 Å². The van der Waals surface area contributed by atoms with E-state index in [4.69, 9.17) is 4.74 Å². The molecule has 0 aliphatic carbocycles. The van der Waals surface area contributed by atoms with Crippen molar-refractivity contribution >= 4 is 0 Å².